The number of esters is 1. The smallest absolute Gasteiger partial charge is 0.312 e. The Morgan fingerprint density at radius 2 is 1.92 bits per heavy atom. The SMILES string of the molecule is COC(=O)C1(C)CNC(C)(C)C1.Cl. The predicted molar refractivity (Wildman–Crippen MR) is 54.1 cm³/mol. The Morgan fingerprint density at radius 3 is 2.23 bits per heavy atom. The molecule has 1 N–H and O–H groups in total. The first-order valence-electron chi connectivity index (χ1n) is 4.23. The van der Waals surface area contributed by atoms with Gasteiger partial charge in [0.15, 0.2) is 0 Å². The Balaban J connectivity index is 0.00000144. The van der Waals surface area contributed by atoms with Gasteiger partial charge in [-0.3, -0.25) is 4.79 Å². The van der Waals surface area contributed by atoms with Gasteiger partial charge in [-0.1, -0.05) is 0 Å². The number of carbonyl (C=O) groups excluding carboxylic acids is 1. The number of carbonyl (C=O) groups is 1. The van der Waals surface area contributed by atoms with E-state index in [0.717, 1.165) is 6.42 Å². The van der Waals surface area contributed by atoms with Gasteiger partial charge >= 0.3 is 5.97 Å². The topological polar surface area (TPSA) is 38.3 Å². The standard InChI is InChI=1S/C9H17NO2.ClH/c1-8(2)5-9(3,6-10-8)7(11)12-4;/h10H,5-6H2,1-4H3;1H. The summed E-state index contributed by atoms with van der Waals surface area (Å²) in [6, 6.07) is 0. The minimum absolute atomic E-state index is 0. The van der Waals surface area contributed by atoms with Crippen molar-refractivity contribution in [3.63, 3.8) is 0 Å². The van der Waals surface area contributed by atoms with E-state index < -0.39 is 0 Å². The van der Waals surface area contributed by atoms with E-state index in [1.807, 2.05) is 6.92 Å². The maximum absolute atomic E-state index is 11.4. The summed E-state index contributed by atoms with van der Waals surface area (Å²) in [5, 5.41) is 3.30. The fraction of sp³-hybridized carbons (Fsp3) is 0.889. The van der Waals surface area contributed by atoms with E-state index in [4.69, 9.17) is 4.74 Å². The van der Waals surface area contributed by atoms with Crippen LogP contribution in [0.4, 0.5) is 0 Å². The van der Waals surface area contributed by atoms with Crippen molar-refractivity contribution in [2.75, 3.05) is 13.7 Å². The van der Waals surface area contributed by atoms with Crippen LogP contribution in [0, 0.1) is 5.41 Å². The zero-order valence-electron chi connectivity index (χ0n) is 8.64. The first-order chi connectivity index (χ1) is 5.40. The number of ether oxygens (including phenoxy) is 1. The highest BCUT2D eigenvalue weighted by atomic mass is 35.5. The number of methoxy groups -OCH3 is 1. The molecular weight excluding hydrogens is 190 g/mol. The van der Waals surface area contributed by atoms with Crippen molar-refractivity contribution in [3.8, 4) is 0 Å². The lowest BCUT2D eigenvalue weighted by Gasteiger charge is -2.21. The molecule has 0 amide bonds. The van der Waals surface area contributed by atoms with Gasteiger partial charge in [0.25, 0.3) is 0 Å². The maximum atomic E-state index is 11.4. The zero-order chi connectivity index (χ0) is 9.41. The molecule has 1 aliphatic rings. The quantitative estimate of drug-likeness (QED) is 0.660. The van der Waals surface area contributed by atoms with Gasteiger partial charge in [0.2, 0.25) is 0 Å². The van der Waals surface area contributed by atoms with Crippen LogP contribution < -0.4 is 5.32 Å². The van der Waals surface area contributed by atoms with Crippen LogP contribution >= 0.6 is 12.4 Å². The molecule has 3 nitrogen and oxygen atoms in total. The predicted octanol–water partition coefficient (Wildman–Crippen LogP) is 1.36. The average molecular weight is 208 g/mol. The molecule has 1 unspecified atom stereocenters. The van der Waals surface area contributed by atoms with Gasteiger partial charge in [-0.25, -0.2) is 0 Å². The summed E-state index contributed by atoms with van der Waals surface area (Å²) in [7, 11) is 1.44. The number of hydrogen-bond acceptors (Lipinski definition) is 3. The summed E-state index contributed by atoms with van der Waals surface area (Å²) in [5.41, 5.74) is -0.277. The monoisotopic (exact) mass is 207 g/mol. The fourth-order valence-electron chi connectivity index (χ4n) is 1.93. The van der Waals surface area contributed by atoms with Gasteiger partial charge in [-0.2, -0.15) is 0 Å². The second-order valence-corrected chi connectivity index (χ2v) is 4.47. The summed E-state index contributed by atoms with van der Waals surface area (Å²) in [5.74, 6) is -0.111. The minimum atomic E-state index is -0.335. The third-order valence-corrected chi connectivity index (χ3v) is 2.47. The Kier molecular flexibility index (Phi) is 3.76. The van der Waals surface area contributed by atoms with E-state index >= 15 is 0 Å². The van der Waals surface area contributed by atoms with E-state index in [1.54, 1.807) is 0 Å². The lowest BCUT2D eigenvalue weighted by molar-refractivity contribution is -0.150. The molecule has 0 aromatic heterocycles. The molecule has 4 heteroatoms. The van der Waals surface area contributed by atoms with Crippen LogP contribution in [0.3, 0.4) is 0 Å². The van der Waals surface area contributed by atoms with Gasteiger partial charge < -0.3 is 10.1 Å². The van der Waals surface area contributed by atoms with E-state index in [0.29, 0.717) is 6.54 Å². The van der Waals surface area contributed by atoms with E-state index in [-0.39, 0.29) is 29.3 Å². The van der Waals surface area contributed by atoms with Gasteiger partial charge in [0.1, 0.15) is 0 Å². The largest absolute Gasteiger partial charge is 0.469 e. The Bertz CT molecular complexity index is 206. The van der Waals surface area contributed by atoms with Crippen molar-refractivity contribution in [1.82, 2.24) is 5.32 Å². The molecule has 0 aromatic carbocycles. The van der Waals surface area contributed by atoms with E-state index in [2.05, 4.69) is 19.2 Å². The first-order valence-corrected chi connectivity index (χ1v) is 4.23. The molecule has 0 spiro atoms. The van der Waals surface area contributed by atoms with Crippen LogP contribution in [0.5, 0.6) is 0 Å². The van der Waals surface area contributed by atoms with Crippen LogP contribution in [-0.4, -0.2) is 25.2 Å². The number of hydrogen-bond donors (Lipinski definition) is 1. The van der Waals surface area contributed by atoms with Crippen molar-refractivity contribution < 1.29 is 9.53 Å². The summed E-state index contributed by atoms with van der Waals surface area (Å²) in [4.78, 5) is 11.4. The van der Waals surface area contributed by atoms with Crippen molar-refractivity contribution in [2.45, 2.75) is 32.7 Å². The third kappa shape index (κ3) is 2.58. The second-order valence-electron chi connectivity index (χ2n) is 4.47. The van der Waals surface area contributed by atoms with Crippen LogP contribution in [-0.2, 0) is 9.53 Å². The van der Waals surface area contributed by atoms with Crippen molar-refractivity contribution >= 4 is 18.4 Å². The summed E-state index contributed by atoms with van der Waals surface area (Å²) >= 11 is 0. The molecule has 1 saturated heterocycles. The molecule has 0 radical (unpaired) electrons. The number of nitrogens with one attached hydrogen (secondary N) is 1. The molecule has 1 fully saturated rings. The minimum Gasteiger partial charge on any atom is -0.469 e. The maximum Gasteiger partial charge on any atom is 0.312 e. The van der Waals surface area contributed by atoms with E-state index in [1.165, 1.54) is 7.11 Å². The average Bonchev–Trinajstić information content (AvgIpc) is 2.25. The molecular formula is C9H18ClNO2. The molecule has 1 aliphatic heterocycles. The highest BCUT2D eigenvalue weighted by Gasteiger charge is 2.45. The molecule has 1 rings (SSSR count). The molecule has 0 aromatic rings. The summed E-state index contributed by atoms with van der Waals surface area (Å²) in [6.45, 7) is 6.86. The molecule has 0 aliphatic carbocycles. The van der Waals surface area contributed by atoms with Crippen LogP contribution in [0.1, 0.15) is 27.2 Å². The van der Waals surface area contributed by atoms with Crippen molar-refractivity contribution in [2.24, 2.45) is 5.41 Å². The van der Waals surface area contributed by atoms with Crippen LogP contribution in [0.25, 0.3) is 0 Å². The van der Waals surface area contributed by atoms with Gasteiger partial charge in [0, 0.05) is 12.1 Å². The highest BCUT2D eigenvalue weighted by Crippen LogP contribution is 2.34. The third-order valence-electron chi connectivity index (χ3n) is 2.47. The Hall–Kier alpha value is -0.280. The molecule has 0 saturated carbocycles. The summed E-state index contributed by atoms with van der Waals surface area (Å²) in [6.07, 6.45) is 0.840. The van der Waals surface area contributed by atoms with Gasteiger partial charge in [-0.15, -0.1) is 12.4 Å². The normalized spacial score (nSPS) is 30.8. The molecule has 1 atom stereocenters. The Labute approximate surface area is 85.6 Å². The van der Waals surface area contributed by atoms with Gasteiger partial charge in [-0.05, 0) is 27.2 Å². The number of halogens is 1. The number of rotatable bonds is 1. The summed E-state index contributed by atoms with van der Waals surface area (Å²) < 4.78 is 4.75. The highest BCUT2D eigenvalue weighted by molar-refractivity contribution is 5.85. The zero-order valence-corrected chi connectivity index (χ0v) is 9.46. The van der Waals surface area contributed by atoms with Crippen molar-refractivity contribution in [1.29, 1.82) is 0 Å². The fourth-order valence-corrected chi connectivity index (χ4v) is 1.93. The van der Waals surface area contributed by atoms with Crippen LogP contribution in [0.2, 0.25) is 0 Å². The lowest BCUT2D eigenvalue weighted by Crippen LogP contribution is -2.31. The van der Waals surface area contributed by atoms with Crippen molar-refractivity contribution in [3.05, 3.63) is 0 Å². The molecule has 0 bridgehead atoms. The molecule has 13 heavy (non-hydrogen) atoms. The van der Waals surface area contributed by atoms with Gasteiger partial charge in [0.05, 0.1) is 12.5 Å². The Morgan fingerprint density at radius 1 is 1.38 bits per heavy atom. The first kappa shape index (κ1) is 12.7. The molecule has 78 valence electrons. The van der Waals surface area contributed by atoms with Crippen LogP contribution in [0.15, 0.2) is 0 Å². The molecule has 1 heterocycles. The van der Waals surface area contributed by atoms with E-state index in [9.17, 15) is 4.79 Å². The lowest BCUT2D eigenvalue weighted by atomic mass is 9.84. The second kappa shape index (κ2) is 3.84.